The van der Waals surface area contributed by atoms with Gasteiger partial charge in [0.15, 0.2) is 0 Å². The first-order valence-electron chi connectivity index (χ1n) is 6.83. The first-order valence-corrected chi connectivity index (χ1v) is 6.83. The molecule has 1 saturated heterocycles. The third-order valence-electron chi connectivity index (χ3n) is 3.90. The molecule has 1 heterocycles. The molecule has 0 spiro atoms. The van der Waals surface area contributed by atoms with Gasteiger partial charge in [0.1, 0.15) is 5.82 Å². The third-order valence-corrected chi connectivity index (χ3v) is 3.90. The summed E-state index contributed by atoms with van der Waals surface area (Å²) in [6.07, 6.45) is 2.42. The molecule has 18 heavy (non-hydrogen) atoms. The number of hydrogen-bond donors (Lipinski definition) is 1. The zero-order valence-electron chi connectivity index (χ0n) is 11.5. The van der Waals surface area contributed by atoms with E-state index in [0.29, 0.717) is 5.92 Å². The van der Waals surface area contributed by atoms with Crippen LogP contribution in [0.5, 0.6) is 0 Å². The molecule has 0 amide bonds. The standard InChI is InChI=1S/C15H23FN2/c1-11-5-4-8-18(10-11)15-7-6-13(9-14(15)16)12(2)17-3/h6-7,9,11-12,17H,4-5,8,10H2,1-3H3/t11-,12+/m0/s1. The highest BCUT2D eigenvalue weighted by Crippen LogP contribution is 2.27. The second kappa shape index (κ2) is 5.70. The molecule has 0 bridgehead atoms. The minimum atomic E-state index is -0.0938. The SMILES string of the molecule is CN[C@H](C)c1ccc(N2CCC[C@H](C)C2)c(F)c1. The van der Waals surface area contributed by atoms with E-state index in [1.807, 2.05) is 26.1 Å². The fourth-order valence-corrected chi connectivity index (χ4v) is 2.62. The fraction of sp³-hybridized carbons (Fsp3) is 0.600. The van der Waals surface area contributed by atoms with Gasteiger partial charge in [-0.25, -0.2) is 4.39 Å². The van der Waals surface area contributed by atoms with Crippen molar-refractivity contribution in [3.63, 3.8) is 0 Å². The van der Waals surface area contributed by atoms with Crippen LogP contribution in [0.15, 0.2) is 18.2 Å². The molecule has 0 aromatic heterocycles. The lowest BCUT2D eigenvalue weighted by Gasteiger charge is -2.33. The highest BCUT2D eigenvalue weighted by atomic mass is 19.1. The van der Waals surface area contributed by atoms with Gasteiger partial charge in [0.25, 0.3) is 0 Å². The fourth-order valence-electron chi connectivity index (χ4n) is 2.62. The highest BCUT2D eigenvalue weighted by Gasteiger charge is 2.19. The molecule has 0 aliphatic carbocycles. The van der Waals surface area contributed by atoms with E-state index < -0.39 is 0 Å². The second-order valence-electron chi connectivity index (χ2n) is 5.41. The van der Waals surface area contributed by atoms with Gasteiger partial charge >= 0.3 is 0 Å². The van der Waals surface area contributed by atoms with Crippen LogP contribution >= 0.6 is 0 Å². The van der Waals surface area contributed by atoms with Gasteiger partial charge in [-0.3, -0.25) is 0 Å². The number of hydrogen-bond acceptors (Lipinski definition) is 2. The summed E-state index contributed by atoms with van der Waals surface area (Å²) in [5, 5.41) is 3.13. The molecule has 1 N–H and O–H groups in total. The quantitative estimate of drug-likeness (QED) is 0.885. The molecule has 1 aromatic rings. The summed E-state index contributed by atoms with van der Waals surface area (Å²) >= 11 is 0. The molecule has 100 valence electrons. The molecule has 3 heteroatoms. The lowest BCUT2D eigenvalue weighted by atomic mass is 9.99. The van der Waals surface area contributed by atoms with Crippen LogP contribution in [0, 0.1) is 11.7 Å². The molecule has 2 nitrogen and oxygen atoms in total. The van der Waals surface area contributed by atoms with Crippen molar-refractivity contribution in [1.29, 1.82) is 0 Å². The predicted molar refractivity (Wildman–Crippen MR) is 74.5 cm³/mol. The first-order chi connectivity index (χ1) is 8.61. The summed E-state index contributed by atoms with van der Waals surface area (Å²) in [6, 6.07) is 5.80. The number of nitrogens with one attached hydrogen (secondary N) is 1. The molecule has 0 saturated carbocycles. The summed E-state index contributed by atoms with van der Waals surface area (Å²) in [6.45, 7) is 6.22. The second-order valence-corrected chi connectivity index (χ2v) is 5.41. The Bertz CT molecular complexity index is 405. The Balaban J connectivity index is 2.19. The van der Waals surface area contributed by atoms with E-state index in [2.05, 4.69) is 17.1 Å². The van der Waals surface area contributed by atoms with Crippen LogP contribution in [0.3, 0.4) is 0 Å². The Kier molecular flexibility index (Phi) is 4.23. The Morgan fingerprint density at radius 2 is 2.22 bits per heavy atom. The zero-order chi connectivity index (χ0) is 13.1. The number of halogens is 1. The number of nitrogens with zero attached hydrogens (tertiary/aromatic N) is 1. The minimum absolute atomic E-state index is 0.0938. The van der Waals surface area contributed by atoms with E-state index in [1.54, 1.807) is 6.07 Å². The van der Waals surface area contributed by atoms with E-state index in [-0.39, 0.29) is 11.9 Å². The lowest BCUT2D eigenvalue weighted by Crippen LogP contribution is -2.34. The van der Waals surface area contributed by atoms with Gasteiger partial charge in [0.05, 0.1) is 5.69 Å². The van der Waals surface area contributed by atoms with Crippen LogP contribution in [0.1, 0.15) is 38.3 Å². The molecule has 2 atom stereocenters. The molecule has 1 aliphatic heterocycles. The van der Waals surface area contributed by atoms with Gasteiger partial charge in [0, 0.05) is 19.1 Å². The van der Waals surface area contributed by atoms with Crippen molar-refractivity contribution in [3.05, 3.63) is 29.6 Å². The van der Waals surface area contributed by atoms with E-state index >= 15 is 0 Å². The molecule has 1 aromatic carbocycles. The summed E-state index contributed by atoms with van der Waals surface area (Å²) in [5.41, 5.74) is 1.76. The van der Waals surface area contributed by atoms with Crippen molar-refractivity contribution < 1.29 is 4.39 Å². The maximum Gasteiger partial charge on any atom is 0.146 e. The number of benzene rings is 1. The molecule has 2 rings (SSSR count). The molecule has 0 unspecified atom stereocenters. The van der Waals surface area contributed by atoms with Crippen molar-refractivity contribution in [2.24, 2.45) is 5.92 Å². The normalized spacial score (nSPS) is 22.0. The monoisotopic (exact) mass is 250 g/mol. The van der Waals surface area contributed by atoms with Crippen LogP contribution in [-0.2, 0) is 0 Å². The van der Waals surface area contributed by atoms with Gasteiger partial charge in [-0.2, -0.15) is 0 Å². The average Bonchev–Trinajstić information content (AvgIpc) is 2.37. The number of piperidine rings is 1. The van der Waals surface area contributed by atoms with Crippen LogP contribution in [-0.4, -0.2) is 20.1 Å². The number of anilines is 1. The van der Waals surface area contributed by atoms with Crippen LogP contribution in [0.2, 0.25) is 0 Å². The lowest BCUT2D eigenvalue weighted by molar-refractivity contribution is 0.442. The average molecular weight is 250 g/mol. The summed E-state index contributed by atoms with van der Waals surface area (Å²) < 4.78 is 14.2. The molecule has 1 fully saturated rings. The van der Waals surface area contributed by atoms with Crippen molar-refractivity contribution in [2.75, 3.05) is 25.0 Å². The Morgan fingerprint density at radius 1 is 1.44 bits per heavy atom. The van der Waals surface area contributed by atoms with E-state index in [9.17, 15) is 4.39 Å². The Hall–Kier alpha value is -1.09. The summed E-state index contributed by atoms with van der Waals surface area (Å²) in [7, 11) is 1.89. The van der Waals surface area contributed by atoms with Crippen LogP contribution in [0.25, 0.3) is 0 Å². The maximum absolute atomic E-state index is 14.2. The minimum Gasteiger partial charge on any atom is -0.369 e. The van der Waals surface area contributed by atoms with Crippen LogP contribution < -0.4 is 10.2 Å². The predicted octanol–water partition coefficient (Wildman–Crippen LogP) is 3.34. The van der Waals surface area contributed by atoms with Crippen molar-refractivity contribution in [2.45, 2.75) is 32.7 Å². The molecule has 0 radical (unpaired) electrons. The number of rotatable bonds is 3. The summed E-state index contributed by atoms with van der Waals surface area (Å²) in [5.74, 6) is 0.567. The first kappa shape index (κ1) is 13.3. The molecular weight excluding hydrogens is 227 g/mol. The zero-order valence-corrected chi connectivity index (χ0v) is 11.5. The maximum atomic E-state index is 14.2. The topological polar surface area (TPSA) is 15.3 Å². The van der Waals surface area contributed by atoms with Gasteiger partial charge in [-0.05, 0) is 50.4 Å². The Morgan fingerprint density at radius 3 is 2.83 bits per heavy atom. The Labute approximate surface area is 109 Å². The molecule has 1 aliphatic rings. The van der Waals surface area contributed by atoms with Crippen molar-refractivity contribution in [3.8, 4) is 0 Å². The van der Waals surface area contributed by atoms with Gasteiger partial charge in [-0.15, -0.1) is 0 Å². The smallest absolute Gasteiger partial charge is 0.146 e. The third kappa shape index (κ3) is 2.83. The van der Waals surface area contributed by atoms with Crippen LogP contribution in [0.4, 0.5) is 10.1 Å². The van der Waals surface area contributed by atoms with E-state index in [1.165, 1.54) is 6.42 Å². The largest absolute Gasteiger partial charge is 0.369 e. The van der Waals surface area contributed by atoms with Gasteiger partial charge in [-0.1, -0.05) is 13.0 Å². The van der Waals surface area contributed by atoms with Gasteiger partial charge < -0.3 is 10.2 Å². The highest BCUT2D eigenvalue weighted by molar-refractivity contribution is 5.50. The van der Waals surface area contributed by atoms with Crippen molar-refractivity contribution in [1.82, 2.24) is 5.32 Å². The molecular formula is C15H23FN2. The van der Waals surface area contributed by atoms with Gasteiger partial charge in [0.2, 0.25) is 0 Å². The van der Waals surface area contributed by atoms with Crippen molar-refractivity contribution >= 4 is 5.69 Å². The van der Waals surface area contributed by atoms with E-state index in [4.69, 9.17) is 0 Å². The van der Waals surface area contributed by atoms with E-state index in [0.717, 1.165) is 30.8 Å². The summed E-state index contributed by atoms with van der Waals surface area (Å²) in [4.78, 5) is 2.18.